The zero-order valence-electron chi connectivity index (χ0n) is 16.7. The maximum atomic E-state index is 12.4. The summed E-state index contributed by atoms with van der Waals surface area (Å²) in [6, 6.07) is 3.37. The van der Waals surface area contributed by atoms with Crippen LogP contribution in [0.5, 0.6) is 11.5 Å². The molecule has 148 valence electrons. The number of nitrogens with zero attached hydrogens (tertiary/aromatic N) is 2. The van der Waals surface area contributed by atoms with Crippen molar-refractivity contribution in [2.45, 2.75) is 71.1 Å². The fourth-order valence-corrected chi connectivity index (χ4v) is 3.56. The van der Waals surface area contributed by atoms with Gasteiger partial charge in [-0.25, -0.2) is 4.79 Å². The molecule has 7 heteroatoms. The second kappa shape index (κ2) is 7.02. The highest BCUT2D eigenvalue weighted by atomic mass is 16.6. The molecule has 0 aliphatic carbocycles. The molecule has 2 aliphatic heterocycles. The number of hydrogen-bond acceptors (Lipinski definition) is 6. The van der Waals surface area contributed by atoms with Crippen molar-refractivity contribution >= 4 is 11.8 Å². The van der Waals surface area contributed by atoms with Crippen molar-refractivity contribution < 1.29 is 19.0 Å². The lowest BCUT2D eigenvalue weighted by molar-refractivity contribution is 0.0187. The summed E-state index contributed by atoms with van der Waals surface area (Å²) in [5, 5.41) is 3.11. The van der Waals surface area contributed by atoms with Crippen LogP contribution in [-0.4, -0.2) is 41.4 Å². The van der Waals surface area contributed by atoms with Gasteiger partial charge in [0.1, 0.15) is 29.2 Å². The quantitative estimate of drug-likeness (QED) is 0.719. The Hall–Kier alpha value is -2.31. The minimum atomic E-state index is -0.538. The van der Waals surface area contributed by atoms with Crippen LogP contribution < -0.4 is 9.47 Å². The van der Waals surface area contributed by atoms with Gasteiger partial charge < -0.3 is 19.1 Å². The second-order valence-corrected chi connectivity index (χ2v) is 8.84. The van der Waals surface area contributed by atoms with E-state index in [0.29, 0.717) is 12.3 Å². The molecule has 0 spiro atoms. The smallest absolute Gasteiger partial charge is 0.410 e. The molecule has 1 amide bonds. The number of amides is 1. The van der Waals surface area contributed by atoms with Gasteiger partial charge in [0.25, 0.3) is 0 Å². The topological polar surface area (TPSA) is 77.4 Å². The van der Waals surface area contributed by atoms with Crippen molar-refractivity contribution in [2.24, 2.45) is 5.18 Å². The molecule has 1 atom stereocenters. The predicted octanol–water partition coefficient (Wildman–Crippen LogP) is 4.58. The van der Waals surface area contributed by atoms with E-state index in [-0.39, 0.29) is 30.0 Å². The lowest BCUT2D eigenvalue weighted by Crippen LogP contribution is -2.42. The molecule has 1 saturated heterocycles. The fraction of sp³-hybridized carbons (Fsp3) is 0.650. The first-order valence-electron chi connectivity index (χ1n) is 9.40. The van der Waals surface area contributed by atoms with E-state index >= 15 is 0 Å². The Bertz CT molecular complexity index is 739. The number of fused-ring (bicyclic) bond motifs is 1. The van der Waals surface area contributed by atoms with Crippen molar-refractivity contribution in [3.63, 3.8) is 0 Å². The Labute approximate surface area is 159 Å². The minimum absolute atomic E-state index is 0.0926. The van der Waals surface area contributed by atoms with Crippen LogP contribution in [0.4, 0.5) is 10.5 Å². The highest BCUT2D eigenvalue weighted by Gasteiger charge is 2.34. The zero-order chi connectivity index (χ0) is 19.8. The van der Waals surface area contributed by atoms with Gasteiger partial charge in [-0.05, 0) is 58.7 Å². The van der Waals surface area contributed by atoms with Crippen molar-refractivity contribution in [3.05, 3.63) is 22.6 Å². The third-order valence-electron chi connectivity index (χ3n) is 4.68. The largest absolute Gasteiger partial charge is 0.489 e. The van der Waals surface area contributed by atoms with Crippen LogP contribution in [0, 0.1) is 4.91 Å². The Kier molecular flexibility index (Phi) is 5.06. The van der Waals surface area contributed by atoms with Crippen molar-refractivity contribution in [3.8, 4) is 11.5 Å². The van der Waals surface area contributed by atoms with Crippen LogP contribution in [0.1, 0.15) is 53.0 Å². The van der Waals surface area contributed by atoms with Crippen LogP contribution in [0.25, 0.3) is 0 Å². The van der Waals surface area contributed by atoms with Crippen LogP contribution in [-0.2, 0) is 11.2 Å². The van der Waals surface area contributed by atoms with E-state index in [1.165, 1.54) is 0 Å². The molecular formula is C20H28N2O5. The van der Waals surface area contributed by atoms with Gasteiger partial charge in [0.05, 0.1) is 6.04 Å². The summed E-state index contributed by atoms with van der Waals surface area (Å²) in [4.78, 5) is 25.3. The molecule has 0 unspecified atom stereocenters. The summed E-state index contributed by atoms with van der Waals surface area (Å²) >= 11 is 0. The number of likely N-dealkylation sites (tertiary alicyclic amines) is 1. The molecule has 3 rings (SSSR count). The molecule has 1 fully saturated rings. The van der Waals surface area contributed by atoms with Crippen LogP contribution in [0.3, 0.4) is 0 Å². The molecule has 0 N–H and O–H groups in total. The van der Waals surface area contributed by atoms with Gasteiger partial charge in [-0.2, -0.15) is 0 Å². The van der Waals surface area contributed by atoms with Crippen molar-refractivity contribution in [1.29, 1.82) is 0 Å². The van der Waals surface area contributed by atoms with Gasteiger partial charge in [-0.1, -0.05) is 0 Å². The fourth-order valence-electron chi connectivity index (χ4n) is 3.56. The van der Waals surface area contributed by atoms with E-state index in [1.807, 2.05) is 34.6 Å². The first-order chi connectivity index (χ1) is 12.6. The first-order valence-corrected chi connectivity index (χ1v) is 9.40. The summed E-state index contributed by atoms with van der Waals surface area (Å²) in [5.41, 5.74) is 0.374. The summed E-state index contributed by atoms with van der Waals surface area (Å²) in [7, 11) is 0. The molecule has 1 aromatic carbocycles. The van der Waals surface area contributed by atoms with Crippen LogP contribution >= 0.6 is 0 Å². The minimum Gasteiger partial charge on any atom is -0.489 e. The lowest BCUT2D eigenvalue weighted by atomic mass is 10.0. The van der Waals surface area contributed by atoms with Gasteiger partial charge >= 0.3 is 6.09 Å². The maximum absolute atomic E-state index is 12.4. The van der Waals surface area contributed by atoms with Crippen molar-refractivity contribution in [1.82, 2.24) is 4.90 Å². The highest BCUT2D eigenvalue weighted by molar-refractivity contribution is 5.69. The monoisotopic (exact) mass is 376 g/mol. The van der Waals surface area contributed by atoms with E-state index in [9.17, 15) is 9.70 Å². The van der Waals surface area contributed by atoms with E-state index < -0.39 is 5.60 Å². The molecule has 0 bridgehead atoms. The summed E-state index contributed by atoms with van der Waals surface area (Å²) in [6.07, 6.45) is 2.12. The normalized spacial score (nSPS) is 20.8. The van der Waals surface area contributed by atoms with E-state index in [4.69, 9.17) is 14.2 Å². The number of carbonyl (C=O) groups excluding carboxylic acids is 1. The van der Waals surface area contributed by atoms with Gasteiger partial charge in [-0.3, -0.25) is 0 Å². The van der Waals surface area contributed by atoms with Gasteiger partial charge in [0.15, 0.2) is 5.75 Å². The molecule has 27 heavy (non-hydrogen) atoms. The number of rotatable bonds is 4. The third kappa shape index (κ3) is 4.51. The van der Waals surface area contributed by atoms with Gasteiger partial charge in [0, 0.05) is 24.6 Å². The number of carbonyl (C=O) groups is 1. The van der Waals surface area contributed by atoms with Crippen LogP contribution in [0.2, 0.25) is 0 Å². The third-order valence-corrected chi connectivity index (χ3v) is 4.68. The van der Waals surface area contributed by atoms with Gasteiger partial charge in [-0.15, -0.1) is 4.91 Å². The first kappa shape index (κ1) is 19.5. The standard InChI is InChI=1S/C20H28N2O5/c1-19(2,3)27-18(23)22-8-6-7-14(22)12-25-17-10-16-13(9-15(17)21-24)11-20(4,5)26-16/h9-10,14H,6-8,11-12H2,1-5H3/t14-/m1/s1. The zero-order valence-corrected chi connectivity index (χ0v) is 16.7. The Morgan fingerprint density at radius 3 is 2.78 bits per heavy atom. The average Bonchev–Trinajstić information content (AvgIpc) is 3.12. The predicted molar refractivity (Wildman–Crippen MR) is 102 cm³/mol. The molecule has 1 aromatic rings. The summed E-state index contributed by atoms with van der Waals surface area (Å²) in [5.74, 6) is 1.11. The molecule has 0 saturated carbocycles. The lowest BCUT2D eigenvalue weighted by Gasteiger charge is -2.28. The Morgan fingerprint density at radius 1 is 1.37 bits per heavy atom. The van der Waals surface area contributed by atoms with E-state index in [2.05, 4.69) is 5.18 Å². The Balaban J connectivity index is 1.69. The molecule has 2 heterocycles. The summed E-state index contributed by atoms with van der Waals surface area (Å²) < 4.78 is 17.3. The molecule has 0 radical (unpaired) electrons. The molecular weight excluding hydrogens is 348 g/mol. The number of hydrogen-bond donors (Lipinski definition) is 0. The van der Waals surface area contributed by atoms with E-state index in [0.717, 1.165) is 30.6 Å². The SMILES string of the molecule is CC(C)(C)OC(=O)N1CCC[C@@H]1COc1cc2c(cc1N=O)CC(C)(C)O2. The van der Waals surface area contributed by atoms with Crippen LogP contribution in [0.15, 0.2) is 17.3 Å². The number of benzene rings is 1. The molecule has 7 nitrogen and oxygen atoms in total. The van der Waals surface area contributed by atoms with E-state index in [1.54, 1.807) is 17.0 Å². The molecule has 0 aromatic heterocycles. The number of ether oxygens (including phenoxy) is 3. The highest BCUT2D eigenvalue weighted by Crippen LogP contribution is 2.42. The maximum Gasteiger partial charge on any atom is 0.410 e. The van der Waals surface area contributed by atoms with Gasteiger partial charge in [0.2, 0.25) is 0 Å². The summed E-state index contributed by atoms with van der Waals surface area (Å²) in [6.45, 7) is 10.5. The second-order valence-electron chi connectivity index (χ2n) is 8.84. The number of nitroso groups, excluding NO2 is 1. The Morgan fingerprint density at radius 2 is 2.11 bits per heavy atom. The molecule has 2 aliphatic rings. The average molecular weight is 376 g/mol. The van der Waals surface area contributed by atoms with Crippen molar-refractivity contribution in [2.75, 3.05) is 13.2 Å².